The summed E-state index contributed by atoms with van der Waals surface area (Å²) in [7, 11) is 0. The van der Waals surface area contributed by atoms with Crippen LogP contribution < -0.4 is 5.32 Å². The second-order valence-corrected chi connectivity index (χ2v) is 4.90. The third-order valence-electron chi connectivity index (χ3n) is 2.22. The van der Waals surface area contributed by atoms with E-state index in [9.17, 15) is 14.3 Å². The first-order valence-corrected chi connectivity index (χ1v) is 5.78. The Balaban J connectivity index is 2.82. The molecule has 0 aliphatic carbocycles. The molecule has 0 spiro atoms. The molecule has 0 aliphatic heterocycles. The van der Waals surface area contributed by atoms with Gasteiger partial charge >= 0.3 is 0 Å². The van der Waals surface area contributed by atoms with Crippen molar-refractivity contribution in [3.8, 4) is 0 Å². The summed E-state index contributed by atoms with van der Waals surface area (Å²) < 4.78 is 13.2. The molecule has 7 heteroatoms. The molecule has 0 saturated carbocycles. The summed E-state index contributed by atoms with van der Waals surface area (Å²) >= 11 is 11.3. The number of amides is 1. The first-order valence-electron chi connectivity index (χ1n) is 5.03. The first kappa shape index (κ1) is 15.2. The van der Waals surface area contributed by atoms with Gasteiger partial charge in [-0.3, -0.25) is 4.79 Å². The average molecular weight is 296 g/mol. The molecule has 0 fully saturated rings. The number of aliphatic hydroxyl groups excluding tert-OH is 1. The van der Waals surface area contributed by atoms with Crippen molar-refractivity contribution in [2.45, 2.75) is 12.5 Å². The largest absolute Gasteiger partial charge is 0.393 e. The number of rotatable bonds is 4. The maximum absolute atomic E-state index is 13.2. The lowest BCUT2D eigenvalue weighted by Crippen LogP contribution is -2.43. The maximum atomic E-state index is 13.2. The van der Waals surface area contributed by atoms with Crippen molar-refractivity contribution in [3.05, 3.63) is 33.6 Å². The lowest BCUT2D eigenvalue weighted by molar-refractivity contribution is 0.00320. The van der Waals surface area contributed by atoms with Gasteiger partial charge in [-0.05, 0) is 19.1 Å². The van der Waals surface area contributed by atoms with Gasteiger partial charge in [0.25, 0.3) is 5.91 Å². The molecule has 0 radical (unpaired) electrons. The molecule has 0 saturated heterocycles. The van der Waals surface area contributed by atoms with Crippen LogP contribution in [0.15, 0.2) is 12.1 Å². The zero-order valence-electron chi connectivity index (χ0n) is 9.51. The van der Waals surface area contributed by atoms with E-state index in [1.54, 1.807) is 0 Å². The highest BCUT2D eigenvalue weighted by Gasteiger charge is 2.21. The standard InChI is InChI=1S/C11H12Cl2FNO3/c1-11(18,5-16)4-15-10(17)6-2-9(14)8(13)3-7(6)12/h2-3,16,18H,4-5H2,1H3,(H,15,17). The Labute approximate surface area is 113 Å². The molecule has 1 aromatic carbocycles. The van der Waals surface area contributed by atoms with Crippen LogP contribution in [-0.4, -0.2) is 34.9 Å². The summed E-state index contributed by atoms with van der Waals surface area (Å²) in [5, 5.41) is 20.5. The van der Waals surface area contributed by atoms with Crippen molar-refractivity contribution in [2.75, 3.05) is 13.2 Å². The zero-order chi connectivity index (χ0) is 13.9. The minimum Gasteiger partial charge on any atom is -0.393 e. The molecule has 0 heterocycles. The van der Waals surface area contributed by atoms with Gasteiger partial charge in [-0.2, -0.15) is 0 Å². The molecule has 1 unspecified atom stereocenters. The lowest BCUT2D eigenvalue weighted by Gasteiger charge is -2.20. The summed E-state index contributed by atoms with van der Waals surface area (Å²) in [5.41, 5.74) is -1.54. The van der Waals surface area contributed by atoms with Crippen LogP contribution in [0, 0.1) is 5.82 Å². The number of carbonyl (C=O) groups is 1. The van der Waals surface area contributed by atoms with Gasteiger partial charge in [0.05, 0.1) is 22.2 Å². The average Bonchev–Trinajstić information content (AvgIpc) is 2.31. The Hall–Kier alpha value is -0.880. The number of aliphatic hydroxyl groups is 2. The van der Waals surface area contributed by atoms with E-state index in [1.165, 1.54) is 6.92 Å². The van der Waals surface area contributed by atoms with E-state index >= 15 is 0 Å². The molecule has 1 rings (SSSR count). The van der Waals surface area contributed by atoms with Crippen LogP contribution in [0.5, 0.6) is 0 Å². The van der Waals surface area contributed by atoms with E-state index in [2.05, 4.69) is 5.32 Å². The third kappa shape index (κ3) is 3.81. The molecular weight excluding hydrogens is 284 g/mol. The molecule has 0 aromatic heterocycles. The summed E-state index contributed by atoms with van der Waals surface area (Å²) in [5.74, 6) is -1.43. The highest BCUT2D eigenvalue weighted by atomic mass is 35.5. The van der Waals surface area contributed by atoms with Crippen molar-refractivity contribution in [3.63, 3.8) is 0 Å². The van der Waals surface area contributed by atoms with E-state index in [-0.39, 0.29) is 22.2 Å². The van der Waals surface area contributed by atoms with Gasteiger partial charge in [-0.25, -0.2) is 4.39 Å². The SMILES string of the molecule is CC(O)(CO)CNC(=O)c1cc(F)c(Cl)cc1Cl. The topological polar surface area (TPSA) is 69.6 Å². The Morgan fingerprint density at radius 2 is 2.06 bits per heavy atom. The van der Waals surface area contributed by atoms with Gasteiger partial charge in [-0.15, -0.1) is 0 Å². The number of carbonyl (C=O) groups excluding carboxylic acids is 1. The Kier molecular flexibility index (Phi) is 4.92. The third-order valence-corrected chi connectivity index (χ3v) is 2.83. The zero-order valence-corrected chi connectivity index (χ0v) is 11.0. The molecule has 3 N–H and O–H groups in total. The molecule has 100 valence electrons. The minimum absolute atomic E-state index is 0.00235. The fraction of sp³-hybridized carbons (Fsp3) is 0.364. The molecular formula is C11H12Cl2FNO3. The summed E-state index contributed by atoms with van der Waals surface area (Å²) in [4.78, 5) is 11.7. The molecule has 1 atom stereocenters. The number of hydrogen-bond donors (Lipinski definition) is 3. The number of hydrogen-bond acceptors (Lipinski definition) is 3. The van der Waals surface area contributed by atoms with Crippen molar-refractivity contribution in [1.29, 1.82) is 0 Å². The normalized spacial score (nSPS) is 14.1. The summed E-state index contributed by atoms with van der Waals surface area (Å²) in [6.07, 6.45) is 0. The van der Waals surface area contributed by atoms with Crippen molar-refractivity contribution >= 4 is 29.1 Å². The van der Waals surface area contributed by atoms with Crippen LogP contribution in [0.3, 0.4) is 0 Å². The number of nitrogens with one attached hydrogen (secondary N) is 1. The Bertz CT molecular complexity index is 466. The predicted molar refractivity (Wildman–Crippen MR) is 66.5 cm³/mol. The highest BCUT2D eigenvalue weighted by molar-refractivity contribution is 6.36. The lowest BCUT2D eigenvalue weighted by atomic mass is 10.1. The highest BCUT2D eigenvalue weighted by Crippen LogP contribution is 2.24. The Morgan fingerprint density at radius 1 is 1.44 bits per heavy atom. The van der Waals surface area contributed by atoms with E-state index in [1.807, 2.05) is 0 Å². The van der Waals surface area contributed by atoms with E-state index in [4.69, 9.17) is 28.3 Å². The molecule has 4 nitrogen and oxygen atoms in total. The van der Waals surface area contributed by atoms with Gasteiger partial charge in [0.15, 0.2) is 0 Å². The molecule has 18 heavy (non-hydrogen) atoms. The smallest absolute Gasteiger partial charge is 0.253 e. The van der Waals surface area contributed by atoms with E-state index in [0.29, 0.717) is 0 Å². The van der Waals surface area contributed by atoms with Crippen LogP contribution in [-0.2, 0) is 0 Å². The second-order valence-electron chi connectivity index (χ2n) is 4.08. The first-order chi connectivity index (χ1) is 8.26. The van der Waals surface area contributed by atoms with Gasteiger partial charge < -0.3 is 15.5 Å². The molecule has 1 amide bonds. The fourth-order valence-electron chi connectivity index (χ4n) is 1.12. The van der Waals surface area contributed by atoms with E-state index < -0.39 is 23.9 Å². The second kappa shape index (κ2) is 5.84. The van der Waals surface area contributed by atoms with Gasteiger partial charge in [0, 0.05) is 6.54 Å². The van der Waals surface area contributed by atoms with Gasteiger partial charge in [0.1, 0.15) is 11.4 Å². The summed E-state index contributed by atoms with van der Waals surface area (Å²) in [6.45, 7) is 0.635. The van der Waals surface area contributed by atoms with Crippen molar-refractivity contribution in [1.82, 2.24) is 5.32 Å². The van der Waals surface area contributed by atoms with Crippen molar-refractivity contribution < 1.29 is 19.4 Å². The van der Waals surface area contributed by atoms with Gasteiger partial charge in [-0.1, -0.05) is 23.2 Å². The summed E-state index contributed by atoms with van der Waals surface area (Å²) in [6, 6.07) is 2.03. The van der Waals surface area contributed by atoms with Crippen LogP contribution in [0.2, 0.25) is 10.0 Å². The van der Waals surface area contributed by atoms with E-state index in [0.717, 1.165) is 12.1 Å². The van der Waals surface area contributed by atoms with Gasteiger partial charge in [0.2, 0.25) is 0 Å². The monoisotopic (exact) mass is 295 g/mol. The number of benzene rings is 1. The van der Waals surface area contributed by atoms with Crippen LogP contribution in [0.1, 0.15) is 17.3 Å². The van der Waals surface area contributed by atoms with Crippen LogP contribution >= 0.6 is 23.2 Å². The maximum Gasteiger partial charge on any atom is 0.253 e. The van der Waals surface area contributed by atoms with Crippen LogP contribution in [0.25, 0.3) is 0 Å². The molecule has 0 bridgehead atoms. The quantitative estimate of drug-likeness (QED) is 0.739. The fourth-order valence-corrected chi connectivity index (χ4v) is 1.59. The molecule has 1 aromatic rings. The van der Waals surface area contributed by atoms with Crippen molar-refractivity contribution in [2.24, 2.45) is 0 Å². The number of halogens is 3. The molecule has 0 aliphatic rings. The predicted octanol–water partition coefficient (Wildman–Crippen LogP) is 1.61. The minimum atomic E-state index is -1.45. The van der Waals surface area contributed by atoms with Crippen LogP contribution in [0.4, 0.5) is 4.39 Å². The Morgan fingerprint density at radius 3 is 2.61 bits per heavy atom.